The number of likely N-dealkylation sites (tertiary alicyclic amines) is 1. The largest absolute Gasteiger partial charge is 0.330 e. The predicted octanol–water partition coefficient (Wildman–Crippen LogP) is 2.93. The lowest BCUT2D eigenvalue weighted by atomic mass is 9.94. The first kappa shape index (κ1) is 11.7. The molecule has 0 spiro atoms. The Hall–Kier alpha value is -0.380. The average molecular weight is 295 g/mol. The lowest BCUT2D eigenvalue weighted by Gasteiger charge is -2.28. The third kappa shape index (κ3) is 2.28. The molecule has 2 aliphatic rings. The van der Waals surface area contributed by atoms with Crippen LogP contribution in [0.25, 0.3) is 0 Å². The van der Waals surface area contributed by atoms with Crippen molar-refractivity contribution in [2.24, 2.45) is 11.7 Å². The van der Waals surface area contributed by atoms with Gasteiger partial charge in [-0.1, -0.05) is 28.1 Å². The quantitative estimate of drug-likeness (QED) is 0.929. The molecule has 1 aliphatic carbocycles. The number of benzene rings is 1. The van der Waals surface area contributed by atoms with Crippen LogP contribution in [-0.4, -0.2) is 24.0 Å². The van der Waals surface area contributed by atoms with Crippen molar-refractivity contribution in [1.29, 1.82) is 0 Å². The molecule has 3 rings (SSSR count). The third-order valence-corrected chi connectivity index (χ3v) is 4.62. The van der Waals surface area contributed by atoms with Gasteiger partial charge in [-0.3, -0.25) is 4.90 Å². The van der Waals surface area contributed by atoms with E-state index < -0.39 is 0 Å². The minimum absolute atomic E-state index is 0.556. The zero-order valence-corrected chi connectivity index (χ0v) is 11.6. The summed E-state index contributed by atoms with van der Waals surface area (Å²) >= 11 is 3.50. The van der Waals surface area contributed by atoms with Gasteiger partial charge < -0.3 is 5.73 Å². The van der Waals surface area contributed by atoms with Gasteiger partial charge in [0.2, 0.25) is 0 Å². The highest BCUT2D eigenvalue weighted by Crippen LogP contribution is 2.43. The molecule has 1 aliphatic heterocycles. The predicted molar refractivity (Wildman–Crippen MR) is 73.8 cm³/mol. The van der Waals surface area contributed by atoms with Crippen LogP contribution in [0.4, 0.5) is 0 Å². The normalized spacial score (nSPS) is 29.8. The smallest absolute Gasteiger partial charge is 0.0391 e. The van der Waals surface area contributed by atoms with E-state index in [0.29, 0.717) is 12.0 Å². The molecule has 0 bridgehead atoms. The van der Waals surface area contributed by atoms with E-state index in [1.807, 2.05) is 0 Å². The fourth-order valence-electron chi connectivity index (χ4n) is 3.07. The molecule has 0 amide bonds. The first-order valence-corrected chi connectivity index (χ1v) is 7.30. The van der Waals surface area contributed by atoms with Crippen molar-refractivity contribution in [3.8, 4) is 0 Å². The Balaban J connectivity index is 1.87. The van der Waals surface area contributed by atoms with Crippen molar-refractivity contribution in [1.82, 2.24) is 4.90 Å². The number of hydrogen-bond donors (Lipinski definition) is 1. The number of nitrogens with zero attached hydrogens (tertiary/aromatic N) is 1. The minimum Gasteiger partial charge on any atom is -0.330 e. The van der Waals surface area contributed by atoms with Crippen LogP contribution < -0.4 is 5.73 Å². The summed E-state index contributed by atoms with van der Waals surface area (Å²) in [6.07, 6.45) is 4.02. The average Bonchev–Trinajstić information content (AvgIpc) is 3.10. The summed E-state index contributed by atoms with van der Waals surface area (Å²) in [4.78, 5) is 2.68. The number of halogens is 1. The SMILES string of the molecule is NCC1CCN(C2CC2)C1c1ccc(Br)cc1. The van der Waals surface area contributed by atoms with Crippen LogP contribution in [0.5, 0.6) is 0 Å². The summed E-state index contributed by atoms with van der Waals surface area (Å²) in [5.41, 5.74) is 7.38. The maximum absolute atomic E-state index is 5.94. The molecule has 1 aromatic rings. The highest BCUT2D eigenvalue weighted by atomic mass is 79.9. The van der Waals surface area contributed by atoms with E-state index in [1.54, 1.807) is 0 Å². The fraction of sp³-hybridized carbons (Fsp3) is 0.571. The lowest BCUT2D eigenvalue weighted by molar-refractivity contribution is 0.220. The first-order valence-electron chi connectivity index (χ1n) is 6.51. The molecule has 17 heavy (non-hydrogen) atoms. The maximum atomic E-state index is 5.94. The second-order valence-corrected chi connectivity index (χ2v) is 6.17. The topological polar surface area (TPSA) is 29.3 Å². The van der Waals surface area contributed by atoms with E-state index in [9.17, 15) is 0 Å². The Morgan fingerprint density at radius 2 is 1.88 bits per heavy atom. The first-order chi connectivity index (χ1) is 8.29. The van der Waals surface area contributed by atoms with Crippen molar-refractivity contribution in [3.05, 3.63) is 34.3 Å². The summed E-state index contributed by atoms with van der Waals surface area (Å²) in [5, 5.41) is 0. The lowest BCUT2D eigenvalue weighted by Crippen LogP contribution is -2.29. The van der Waals surface area contributed by atoms with Gasteiger partial charge in [0.25, 0.3) is 0 Å². The summed E-state index contributed by atoms with van der Waals surface area (Å²) in [5.74, 6) is 0.636. The summed E-state index contributed by atoms with van der Waals surface area (Å²) in [6, 6.07) is 10.2. The zero-order chi connectivity index (χ0) is 11.8. The highest BCUT2D eigenvalue weighted by molar-refractivity contribution is 9.10. The van der Waals surface area contributed by atoms with E-state index in [1.165, 1.54) is 31.4 Å². The van der Waals surface area contributed by atoms with Crippen LogP contribution in [0.3, 0.4) is 0 Å². The molecule has 92 valence electrons. The van der Waals surface area contributed by atoms with Gasteiger partial charge in [-0.25, -0.2) is 0 Å². The third-order valence-electron chi connectivity index (χ3n) is 4.09. The van der Waals surface area contributed by atoms with E-state index in [0.717, 1.165) is 17.1 Å². The van der Waals surface area contributed by atoms with Gasteiger partial charge in [0, 0.05) is 16.6 Å². The van der Waals surface area contributed by atoms with Crippen LogP contribution in [-0.2, 0) is 0 Å². The molecule has 2 nitrogen and oxygen atoms in total. The molecule has 2 fully saturated rings. The van der Waals surface area contributed by atoms with Crippen LogP contribution in [0.2, 0.25) is 0 Å². The number of hydrogen-bond acceptors (Lipinski definition) is 2. The second-order valence-electron chi connectivity index (χ2n) is 5.25. The molecule has 2 atom stereocenters. The van der Waals surface area contributed by atoms with E-state index in [-0.39, 0.29) is 0 Å². The molecule has 1 saturated carbocycles. The Morgan fingerprint density at radius 3 is 2.47 bits per heavy atom. The van der Waals surface area contributed by atoms with E-state index >= 15 is 0 Å². The number of nitrogens with two attached hydrogens (primary N) is 1. The molecule has 1 saturated heterocycles. The Bertz CT molecular complexity index is 386. The van der Waals surface area contributed by atoms with Crippen LogP contribution >= 0.6 is 15.9 Å². The van der Waals surface area contributed by atoms with Gasteiger partial charge in [-0.15, -0.1) is 0 Å². The Labute approximate surface area is 111 Å². The minimum atomic E-state index is 0.556. The Kier molecular flexibility index (Phi) is 3.24. The summed E-state index contributed by atoms with van der Waals surface area (Å²) < 4.78 is 1.15. The van der Waals surface area contributed by atoms with Crippen LogP contribution in [0.1, 0.15) is 30.9 Å². The van der Waals surface area contributed by atoms with Crippen molar-refractivity contribution < 1.29 is 0 Å². The van der Waals surface area contributed by atoms with E-state index in [2.05, 4.69) is 45.1 Å². The van der Waals surface area contributed by atoms with Gasteiger partial charge in [-0.2, -0.15) is 0 Å². The molecule has 2 unspecified atom stereocenters. The molecular weight excluding hydrogens is 276 g/mol. The second kappa shape index (κ2) is 4.71. The van der Waals surface area contributed by atoms with Gasteiger partial charge in [0.15, 0.2) is 0 Å². The molecule has 1 heterocycles. The standard InChI is InChI=1S/C14H19BrN2/c15-12-3-1-10(2-4-12)14-11(9-16)7-8-17(14)13-5-6-13/h1-4,11,13-14H,5-9,16H2. The van der Waals surface area contributed by atoms with Crippen LogP contribution in [0.15, 0.2) is 28.7 Å². The van der Waals surface area contributed by atoms with Crippen molar-refractivity contribution >= 4 is 15.9 Å². The van der Waals surface area contributed by atoms with Crippen LogP contribution in [0, 0.1) is 5.92 Å². The monoisotopic (exact) mass is 294 g/mol. The molecule has 3 heteroatoms. The van der Waals surface area contributed by atoms with Crippen molar-refractivity contribution in [3.63, 3.8) is 0 Å². The van der Waals surface area contributed by atoms with Gasteiger partial charge in [0.05, 0.1) is 0 Å². The molecule has 2 N–H and O–H groups in total. The molecule has 0 aromatic heterocycles. The summed E-state index contributed by atoms with van der Waals surface area (Å²) in [7, 11) is 0. The van der Waals surface area contributed by atoms with Gasteiger partial charge in [0.1, 0.15) is 0 Å². The molecular formula is C14H19BrN2. The van der Waals surface area contributed by atoms with Crippen molar-refractivity contribution in [2.45, 2.75) is 31.3 Å². The molecule has 1 aromatic carbocycles. The maximum Gasteiger partial charge on any atom is 0.0391 e. The fourth-order valence-corrected chi connectivity index (χ4v) is 3.33. The zero-order valence-electron chi connectivity index (χ0n) is 9.98. The van der Waals surface area contributed by atoms with Crippen molar-refractivity contribution in [2.75, 3.05) is 13.1 Å². The molecule has 0 radical (unpaired) electrons. The van der Waals surface area contributed by atoms with Gasteiger partial charge >= 0.3 is 0 Å². The number of rotatable bonds is 3. The highest BCUT2D eigenvalue weighted by Gasteiger charge is 2.41. The van der Waals surface area contributed by atoms with Gasteiger partial charge in [-0.05, 0) is 56.0 Å². The Morgan fingerprint density at radius 1 is 1.18 bits per heavy atom. The van der Waals surface area contributed by atoms with E-state index in [4.69, 9.17) is 5.73 Å². The summed E-state index contributed by atoms with van der Waals surface area (Å²) in [6.45, 7) is 2.04.